The van der Waals surface area contributed by atoms with Gasteiger partial charge in [0.1, 0.15) is 5.41 Å². The van der Waals surface area contributed by atoms with Crippen molar-refractivity contribution < 1.29 is 14.3 Å². The molecule has 0 N–H and O–H groups in total. The number of allylic oxidation sites excluding steroid dienone is 1. The van der Waals surface area contributed by atoms with Crippen molar-refractivity contribution in [2.24, 2.45) is 5.41 Å². The van der Waals surface area contributed by atoms with Crippen LogP contribution in [0.15, 0.2) is 24.8 Å². The van der Waals surface area contributed by atoms with Crippen molar-refractivity contribution in [3.05, 3.63) is 24.8 Å². The Bertz CT molecular complexity index is 384. The van der Waals surface area contributed by atoms with Gasteiger partial charge in [0, 0.05) is 0 Å². The molecule has 0 aromatic heterocycles. The van der Waals surface area contributed by atoms with Crippen LogP contribution >= 0.6 is 0 Å². The predicted molar refractivity (Wildman–Crippen MR) is 84.7 cm³/mol. The smallest absolute Gasteiger partial charge is 0.328 e. The molecule has 0 radical (unpaired) electrons. The van der Waals surface area contributed by atoms with Gasteiger partial charge in [-0.2, -0.15) is 0 Å². The summed E-state index contributed by atoms with van der Waals surface area (Å²) >= 11 is 0. The molecule has 0 aromatic carbocycles. The molecule has 1 rings (SSSR count). The van der Waals surface area contributed by atoms with Gasteiger partial charge in [-0.1, -0.05) is 70.1 Å². The van der Waals surface area contributed by atoms with Crippen molar-refractivity contribution in [3.8, 4) is 0 Å². The zero-order valence-corrected chi connectivity index (χ0v) is 13.2. The van der Waals surface area contributed by atoms with Crippen LogP contribution in [-0.2, 0) is 14.3 Å². The Hall–Kier alpha value is -1.38. The van der Waals surface area contributed by atoms with Gasteiger partial charge in [-0.3, -0.25) is 9.59 Å². The Labute approximate surface area is 128 Å². The van der Waals surface area contributed by atoms with E-state index in [9.17, 15) is 9.59 Å². The lowest BCUT2D eigenvalue weighted by molar-refractivity contribution is -0.153. The lowest BCUT2D eigenvalue weighted by Crippen LogP contribution is -2.20. The zero-order chi connectivity index (χ0) is 15.6. The summed E-state index contributed by atoms with van der Waals surface area (Å²) in [5.41, 5.74) is -0.919. The number of rotatable bonds is 11. The average molecular weight is 292 g/mol. The topological polar surface area (TPSA) is 43.4 Å². The monoisotopic (exact) mass is 292 g/mol. The molecule has 118 valence electrons. The van der Waals surface area contributed by atoms with Crippen molar-refractivity contribution in [2.45, 2.75) is 71.1 Å². The third kappa shape index (κ3) is 5.86. The lowest BCUT2D eigenvalue weighted by Gasteiger charge is -2.12. The highest BCUT2D eigenvalue weighted by molar-refractivity contribution is 6.00. The largest absolute Gasteiger partial charge is 0.392 e. The molecule has 1 atom stereocenters. The van der Waals surface area contributed by atoms with Gasteiger partial charge in [-0.25, -0.2) is 0 Å². The van der Waals surface area contributed by atoms with Crippen molar-refractivity contribution in [3.63, 3.8) is 0 Å². The second kappa shape index (κ2) is 9.54. The number of cyclic esters (lactones) is 2. The third-order valence-corrected chi connectivity index (χ3v) is 4.03. The molecule has 0 amide bonds. The molecule has 1 unspecified atom stereocenters. The van der Waals surface area contributed by atoms with Crippen molar-refractivity contribution >= 4 is 11.9 Å². The average Bonchev–Trinajstić information content (AvgIpc) is 2.75. The fourth-order valence-electron chi connectivity index (χ4n) is 2.59. The van der Waals surface area contributed by atoms with Crippen LogP contribution in [0.1, 0.15) is 71.1 Å². The maximum atomic E-state index is 11.7. The van der Waals surface area contributed by atoms with Crippen LogP contribution in [0.25, 0.3) is 0 Å². The number of carbonyl (C=O) groups is 2. The van der Waals surface area contributed by atoms with Crippen LogP contribution in [-0.4, -0.2) is 11.9 Å². The van der Waals surface area contributed by atoms with Gasteiger partial charge in [-0.05, 0) is 12.8 Å². The summed E-state index contributed by atoms with van der Waals surface area (Å²) in [5.74, 6) is -0.952. The van der Waals surface area contributed by atoms with E-state index in [1.165, 1.54) is 51.0 Å². The summed E-state index contributed by atoms with van der Waals surface area (Å²) in [4.78, 5) is 22.8. The first-order valence-electron chi connectivity index (χ1n) is 8.21. The van der Waals surface area contributed by atoms with Crippen LogP contribution in [0.3, 0.4) is 0 Å². The van der Waals surface area contributed by atoms with Crippen LogP contribution in [0.5, 0.6) is 0 Å². The Balaban J connectivity index is 2.15. The minimum Gasteiger partial charge on any atom is -0.392 e. The summed E-state index contributed by atoms with van der Waals surface area (Å²) in [6, 6.07) is 0. The number of hydrogen-bond donors (Lipinski definition) is 0. The Kier molecular flexibility index (Phi) is 8.03. The first kappa shape index (κ1) is 17.7. The molecule has 1 aliphatic heterocycles. The second-order valence-corrected chi connectivity index (χ2v) is 5.85. The first-order chi connectivity index (χ1) is 10.1. The fourth-order valence-corrected chi connectivity index (χ4v) is 2.59. The Morgan fingerprint density at radius 1 is 1.10 bits per heavy atom. The van der Waals surface area contributed by atoms with Crippen LogP contribution in [0.2, 0.25) is 0 Å². The Morgan fingerprint density at radius 3 is 2.24 bits per heavy atom. The molecule has 3 nitrogen and oxygen atoms in total. The molecule has 21 heavy (non-hydrogen) atoms. The van der Waals surface area contributed by atoms with E-state index in [0.29, 0.717) is 0 Å². The number of carbonyl (C=O) groups excluding carboxylic acids is 2. The van der Waals surface area contributed by atoms with E-state index >= 15 is 0 Å². The number of hydrogen-bond acceptors (Lipinski definition) is 3. The highest BCUT2D eigenvalue weighted by atomic mass is 16.6. The SMILES string of the molecule is C=CC1(C=CCCCCCCCCCC)CC(=O)OC1=O. The summed E-state index contributed by atoms with van der Waals surface area (Å²) in [5, 5.41) is 0. The standard InChI is InChI=1S/C18H28O3/c1-3-5-6-7-8-9-10-11-12-13-14-18(4-2)15-16(19)21-17(18)20/h4,13-14H,2-3,5-12,15H2,1H3. The van der Waals surface area contributed by atoms with Gasteiger partial charge >= 0.3 is 11.9 Å². The van der Waals surface area contributed by atoms with E-state index in [1.54, 1.807) is 6.08 Å². The number of esters is 2. The highest BCUT2D eigenvalue weighted by Gasteiger charge is 2.44. The van der Waals surface area contributed by atoms with Gasteiger partial charge in [0.15, 0.2) is 0 Å². The molecular weight excluding hydrogens is 264 g/mol. The van der Waals surface area contributed by atoms with Crippen molar-refractivity contribution in [1.82, 2.24) is 0 Å². The van der Waals surface area contributed by atoms with Crippen molar-refractivity contribution in [2.75, 3.05) is 0 Å². The zero-order valence-electron chi connectivity index (χ0n) is 13.2. The van der Waals surface area contributed by atoms with Gasteiger partial charge in [-0.15, -0.1) is 6.58 Å². The molecule has 0 spiro atoms. The molecule has 0 aliphatic carbocycles. The molecule has 1 saturated heterocycles. The molecule has 3 heteroatoms. The normalized spacial score (nSPS) is 22.0. The number of unbranched alkanes of at least 4 members (excludes halogenated alkanes) is 8. The molecule has 1 aliphatic rings. The molecule has 0 saturated carbocycles. The summed E-state index contributed by atoms with van der Waals surface area (Å²) in [6.07, 6.45) is 16.6. The fraction of sp³-hybridized carbons (Fsp3) is 0.667. The van der Waals surface area contributed by atoms with E-state index in [2.05, 4.69) is 18.2 Å². The van der Waals surface area contributed by atoms with E-state index in [0.717, 1.165) is 12.8 Å². The van der Waals surface area contributed by atoms with Crippen LogP contribution in [0.4, 0.5) is 0 Å². The van der Waals surface area contributed by atoms with Gasteiger partial charge in [0.05, 0.1) is 6.42 Å². The van der Waals surface area contributed by atoms with Gasteiger partial charge < -0.3 is 4.74 Å². The summed E-state index contributed by atoms with van der Waals surface area (Å²) < 4.78 is 4.61. The summed E-state index contributed by atoms with van der Waals surface area (Å²) in [7, 11) is 0. The molecule has 1 fully saturated rings. The minimum atomic E-state index is -0.919. The quantitative estimate of drug-likeness (QED) is 0.239. The van der Waals surface area contributed by atoms with E-state index in [4.69, 9.17) is 0 Å². The third-order valence-electron chi connectivity index (χ3n) is 4.03. The van der Waals surface area contributed by atoms with Crippen LogP contribution in [0, 0.1) is 5.41 Å². The number of ether oxygens (including phenoxy) is 1. The lowest BCUT2D eigenvalue weighted by atomic mass is 9.86. The van der Waals surface area contributed by atoms with E-state index < -0.39 is 17.4 Å². The van der Waals surface area contributed by atoms with E-state index in [-0.39, 0.29) is 6.42 Å². The Morgan fingerprint density at radius 2 is 1.71 bits per heavy atom. The highest BCUT2D eigenvalue weighted by Crippen LogP contribution is 2.33. The van der Waals surface area contributed by atoms with Gasteiger partial charge in [0.25, 0.3) is 0 Å². The van der Waals surface area contributed by atoms with Gasteiger partial charge in [0.2, 0.25) is 0 Å². The maximum Gasteiger partial charge on any atom is 0.328 e. The molecule has 1 heterocycles. The molecule has 0 aromatic rings. The predicted octanol–water partition coefficient (Wildman–Crippen LogP) is 4.72. The minimum absolute atomic E-state index is 0.0866. The van der Waals surface area contributed by atoms with Crippen LogP contribution < -0.4 is 0 Å². The maximum absolute atomic E-state index is 11.7. The second-order valence-electron chi connectivity index (χ2n) is 5.85. The van der Waals surface area contributed by atoms with Crippen molar-refractivity contribution in [1.29, 1.82) is 0 Å². The molecule has 0 bridgehead atoms. The van der Waals surface area contributed by atoms with E-state index in [1.807, 2.05) is 6.08 Å². The summed E-state index contributed by atoms with van der Waals surface area (Å²) in [6.45, 7) is 5.89. The molecular formula is C18H28O3. The first-order valence-corrected chi connectivity index (χ1v) is 8.21.